The Morgan fingerprint density at radius 3 is 2.65 bits per heavy atom. The fourth-order valence-electron chi connectivity index (χ4n) is 5.64. The molecule has 0 bridgehead atoms. The molecular weight excluding hydrogens is 538 g/mol. The second-order valence-electron chi connectivity index (χ2n) is 11.2. The normalized spacial score (nSPS) is 13.5. The first-order chi connectivity index (χ1) is 21.2. The molecule has 0 aliphatic heterocycles. The van der Waals surface area contributed by atoms with Crippen LogP contribution in [0.4, 0.5) is 5.82 Å². The lowest BCUT2D eigenvalue weighted by molar-refractivity contribution is -0.146. The lowest BCUT2D eigenvalue weighted by atomic mass is 9.95. The predicted octanol–water partition coefficient (Wildman–Crippen LogP) is 5.79. The van der Waals surface area contributed by atoms with E-state index >= 15 is 0 Å². The van der Waals surface area contributed by atoms with E-state index in [2.05, 4.69) is 32.3 Å². The maximum Gasteiger partial charge on any atom is 0.328 e. The number of unbranched alkanes of at least 4 members (excludes halogenated alkanes) is 1. The maximum atomic E-state index is 13.4. The highest BCUT2D eigenvalue weighted by atomic mass is 16.5. The number of anilines is 1. The topological polar surface area (TPSA) is 89.5 Å². The fourth-order valence-corrected chi connectivity index (χ4v) is 5.64. The number of hydrogen-bond acceptors (Lipinski definition) is 8. The number of para-hydroxylation sites is 1. The van der Waals surface area contributed by atoms with Crippen LogP contribution >= 0.6 is 0 Å². The van der Waals surface area contributed by atoms with Gasteiger partial charge < -0.3 is 19.7 Å². The van der Waals surface area contributed by atoms with Gasteiger partial charge in [0.1, 0.15) is 24.8 Å². The Morgan fingerprint density at radius 1 is 0.930 bits per heavy atom. The third kappa shape index (κ3) is 9.05. The molecule has 4 aromatic rings. The number of carbonyl (C=O) groups excluding carboxylic acids is 1. The minimum Gasteiger partial charge on any atom is -0.459 e. The van der Waals surface area contributed by atoms with Crippen molar-refractivity contribution in [3.05, 3.63) is 95.6 Å². The van der Waals surface area contributed by atoms with E-state index in [-0.39, 0.29) is 12.6 Å². The Bertz CT molecular complexity index is 1440. The first-order valence-electron chi connectivity index (χ1n) is 15.6. The van der Waals surface area contributed by atoms with E-state index in [1.807, 2.05) is 54.6 Å². The number of aromatic nitrogens is 3. The van der Waals surface area contributed by atoms with Gasteiger partial charge in [0, 0.05) is 37.0 Å². The number of benzene rings is 2. The van der Waals surface area contributed by atoms with Crippen molar-refractivity contribution in [3.8, 4) is 0 Å². The predicted molar refractivity (Wildman–Crippen MR) is 170 cm³/mol. The van der Waals surface area contributed by atoms with Crippen LogP contribution in [0.2, 0.25) is 0 Å². The zero-order valence-corrected chi connectivity index (χ0v) is 25.2. The van der Waals surface area contributed by atoms with Crippen molar-refractivity contribution in [1.29, 1.82) is 0 Å². The molecule has 43 heavy (non-hydrogen) atoms. The highest BCUT2D eigenvalue weighted by Crippen LogP contribution is 2.22. The molecule has 0 fully saturated rings. The zero-order valence-electron chi connectivity index (χ0n) is 25.2. The van der Waals surface area contributed by atoms with E-state index < -0.39 is 6.04 Å². The molecule has 2 aromatic heterocycles. The summed E-state index contributed by atoms with van der Waals surface area (Å²) in [5.41, 5.74) is 5.72. The van der Waals surface area contributed by atoms with Gasteiger partial charge >= 0.3 is 5.97 Å². The number of pyridine rings is 1. The molecule has 1 aliphatic rings. The van der Waals surface area contributed by atoms with Gasteiger partial charge in [-0.2, -0.15) is 0 Å². The average molecular weight is 582 g/mol. The van der Waals surface area contributed by atoms with Crippen molar-refractivity contribution < 1.29 is 14.3 Å². The number of nitrogens with zero attached hydrogens (tertiary/aromatic N) is 4. The molecule has 8 nitrogen and oxygen atoms in total. The van der Waals surface area contributed by atoms with Crippen LogP contribution in [0.3, 0.4) is 0 Å². The molecule has 8 heteroatoms. The highest BCUT2D eigenvalue weighted by Gasteiger charge is 2.23. The van der Waals surface area contributed by atoms with Crippen molar-refractivity contribution in [2.24, 2.45) is 0 Å². The summed E-state index contributed by atoms with van der Waals surface area (Å²) in [6, 6.07) is 21.5. The summed E-state index contributed by atoms with van der Waals surface area (Å²) in [5.74, 6) is 0.338. The summed E-state index contributed by atoms with van der Waals surface area (Å²) >= 11 is 0. The largest absolute Gasteiger partial charge is 0.459 e. The van der Waals surface area contributed by atoms with E-state index in [0.717, 1.165) is 61.8 Å². The number of methoxy groups -OCH3 is 1. The molecule has 0 saturated carbocycles. The van der Waals surface area contributed by atoms with Crippen LogP contribution in [0.25, 0.3) is 10.9 Å². The van der Waals surface area contributed by atoms with Gasteiger partial charge in [0.25, 0.3) is 0 Å². The fraction of sp³-hybridized carbons (Fsp3) is 0.429. The lowest BCUT2D eigenvalue weighted by Gasteiger charge is -2.25. The number of carbonyl (C=O) groups is 1. The van der Waals surface area contributed by atoms with Crippen LogP contribution < -0.4 is 5.32 Å². The first-order valence-corrected chi connectivity index (χ1v) is 15.6. The second kappa shape index (κ2) is 16.1. The lowest BCUT2D eigenvalue weighted by Crippen LogP contribution is -2.38. The van der Waals surface area contributed by atoms with Gasteiger partial charge in [0.15, 0.2) is 0 Å². The molecule has 0 radical (unpaired) electrons. The molecule has 0 amide bonds. The number of aryl methyl sites for hydroxylation is 3. The first kappa shape index (κ1) is 30.6. The van der Waals surface area contributed by atoms with Crippen LogP contribution in [0.5, 0.6) is 0 Å². The Labute approximate surface area is 254 Å². The smallest absolute Gasteiger partial charge is 0.328 e. The highest BCUT2D eigenvalue weighted by molar-refractivity contribution is 5.90. The molecule has 1 atom stereocenters. The summed E-state index contributed by atoms with van der Waals surface area (Å²) in [7, 11) is 1.73. The van der Waals surface area contributed by atoms with E-state index in [4.69, 9.17) is 14.5 Å². The molecule has 226 valence electrons. The second-order valence-corrected chi connectivity index (χ2v) is 11.2. The van der Waals surface area contributed by atoms with Gasteiger partial charge in [-0.1, -0.05) is 48.5 Å². The molecule has 0 spiro atoms. The minimum atomic E-state index is -0.563. The number of esters is 1. The van der Waals surface area contributed by atoms with E-state index in [1.165, 1.54) is 42.5 Å². The average Bonchev–Trinajstić information content (AvgIpc) is 3.06. The third-order valence-corrected chi connectivity index (χ3v) is 8.10. The Balaban J connectivity index is 1.20. The van der Waals surface area contributed by atoms with Crippen LogP contribution in [-0.2, 0) is 40.1 Å². The summed E-state index contributed by atoms with van der Waals surface area (Å²) < 4.78 is 11.2. The van der Waals surface area contributed by atoms with E-state index in [9.17, 15) is 4.79 Å². The Kier molecular flexibility index (Phi) is 11.4. The van der Waals surface area contributed by atoms with Crippen LogP contribution in [0, 0.1) is 0 Å². The van der Waals surface area contributed by atoms with Gasteiger partial charge in [-0.15, -0.1) is 0 Å². The molecule has 1 aliphatic carbocycles. The molecular formula is C35H43N5O3. The molecule has 1 N–H and O–H groups in total. The Hall–Kier alpha value is -3.88. The van der Waals surface area contributed by atoms with Gasteiger partial charge in [-0.05, 0) is 87.2 Å². The van der Waals surface area contributed by atoms with Gasteiger partial charge in [-0.25, -0.2) is 14.8 Å². The molecule has 0 saturated heterocycles. The van der Waals surface area contributed by atoms with Gasteiger partial charge in [-0.3, -0.25) is 4.98 Å². The molecule has 0 unspecified atom stereocenters. The van der Waals surface area contributed by atoms with Crippen molar-refractivity contribution in [1.82, 2.24) is 19.9 Å². The summed E-state index contributed by atoms with van der Waals surface area (Å²) in [6.45, 7) is 3.32. The molecule has 2 heterocycles. The van der Waals surface area contributed by atoms with Crippen LogP contribution in [0.1, 0.15) is 54.6 Å². The standard InChI is InChI=1S/C35H43N5O3/c1-42-24-23-40(21-10-9-14-29-19-18-28-13-5-7-16-31(28)38-29)22-20-33(35(41)43-25-27-11-3-2-4-12-27)39-34-30-15-6-8-17-32(30)36-26-37-34/h2-4,6,8,11-12,15,17-19,26,33H,5,7,9-10,13-14,16,20-25H2,1H3,(H,36,37,39)/t33-/m0/s1. The van der Waals surface area contributed by atoms with Gasteiger partial charge in [0.05, 0.1) is 12.1 Å². The van der Waals surface area contributed by atoms with E-state index in [0.29, 0.717) is 18.8 Å². The number of ether oxygens (including phenoxy) is 2. The summed E-state index contributed by atoms with van der Waals surface area (Å²) in [5, 5.41) is 4.26. The van der Waals surface area contributed by atoms with Crippen molar-refractivity contribution in [2.45, 2.75) is 64.0 Å². The number of hydrogen-bond donors (Lipinski definition) is 1. The minimum absolute atomic E-state index is 0.229. The zero-order chi connectivity index (χ0) is 29.7. The monoisotopic (exact) mass is 581 g/mol. The number of nitrogens with one attached hydrogen (secondary N) is 1. The quantitative estimate of drug-likeness (QED) is 0.131. The van der Waals surface area contributed by atoms with E-state index in [1.54, 1.807) is 7.11 Å². The van der Waals surface area contributed by atoms with Crippen molar-refractivity contribution >= 4 is 22.7 Å². The van der Waals surface area contributed by atoms with Crippen molar-refractivity contribution in [2.75, 3.05) is 38.7 Å². The summed E-state index contributed by atoms with van der Waals surface area (Å²) in [4.78, 5) is 29.6. The third-order valence-electron chi connectivity index (χ3n) is 8.10. The number of fused-ring (bicyclic) bond motifs is 2. The van der Waals surface area contributed by atoms with Crippen LogP contribution in [0.15, 0.2) is 73.1 Å². The molecule has 5 rings (SSSR count). The number of rotatable bonds is 16. The summed E-state index contributed by atoms with van der Waals surface area (Å²) in [6.07, 6.45) is 10.0. The van der Waals surface area contributed by atoms with Crippen LogP contribution in [-0.4, -0.2) is 65.2 Å². The Morgan fingerprint density at radius 2 is 1.77 bits per heavy atom. The van der Waals surface area contributed by atoms with Gasteiger partial charge in [0.2, 0.25) is 0 Å². The SMILES string of the molecule is COCCN(CCCCc1ccc2c(n1)CCCC2)CC[C@H](Nc1ncnc2ccccc12)C(=O)OCc1ccccc1. The maximum absolute atomic E-state index is 13.4. The molecule has 2 aromatic carbocycles. The van der Waals surface area contributed by atoms with Crippen molar-refractivity contribution in [3.63, 3.8) is 0 Å².